The van der Waals surface area contributed by atoms with Crippen molar-refractivity contribution in [3.63, 3.8) is 0 Å². The lowest BCUT2D eigenvalue weighted by Crippen LogP contribution is -2.28. The Balaban J connectivity index is 1.82. The van der Waals surface area contributed by atoms with E-state index in [0.29, 0.717) is 10.3 Å². The lowest BCUT2D eigenvalue weighted by atomic mass is 10.1. The fourth-order valence-electron chi connectivity index (χ4n) is 2.24. The minimum absolute atomic E-state index is 0.164. The van der Waals surface area contributed by atoms with E-state index in [9.17, 15) is 18.4 Å². The maximum atomic E-state index is 13.8. The van der Waals surface area contributed by atoms with Crippen LogP contribution in [0.1, 0.15) is 25.8 Å². The Morgan fingerprint density at radius 1 is 1.22 bits per heavy atom. The molecule has 1 unspecified atom stereocenters. The number of amides is 1. The second-order valence-corrected chi connectivity index (χ2v) is 8.54. The van der Waals surface area contributed by atoms with Crippen LogP contribution in [0.3, 0.4) is 0 Å². The number of benzene rings is 1. The van der Waals surface area contributed by atoms with Crippen LogP contribution in [0.2, 0.25) is 5.02 Å². The first-order valence-electron chi connectivity index (χ1n) is 7.55. The number of carbonyl (C=O) groups is 2. The van der Waals surface area contributed by atoms with Crippen LogP contribution in [-0.2, 0) is 0 Å². The van der Waals surface area contributed by atoms with Crippen molar-refractivity contribution in [2.24, 2.45) is 5.10 Å². The van der Waals surface area contributed by atoms with Gasteiger partial charge in [-0.3, -0.25) is 9.59 Å². The van der Waals surface area contributed by atoms with Crippen LogP contribution in [0, 0.1) is 0 Å². The molecule has 27 heavy (non-hydrogen) atoms. The molecule has 1 amide bonds. The molecule has 0 aliphatic carbocycles. The Hall–Kier alpha value is -1.73. The van der Waals surface area contributed by atoms with Crippen molar-refractivity contribution in [3.05, 3.63) is 56.6 Å². The number of rotatable bonds is 6. The number of alkyl halides is 2. The summed E-state index contributed by atoms with van der Waals surface area (Å²) in [5.41, 5.74) is -2.10. The van der Waals surface area contributed by atoms with Crippen LogP contribution in [-0.4, -0.2) is 23.1 Å². The lowest BCUT2D eigenvalue weighted by Gasteiger charge is -2.13. The largest absolute Gasteiger partial charge is 0.298 e. The number of hydrogen-bond acceptors (Lipinski definition) is 5. The summed E-state index contributed by atoms with van der Waals surface area (Å²) in [6, 6.07) is 10.3. The number of halogens is 3. The zero-order chi connectivity index (χ0) is 19.6. The number of ketones is 1. The molecule has 0 fully saturated rings. The summed E-state index contributed by atoms with van der Waals surface area (Å²) in [6.45, 7) is 0. The van der Waals surface area contributed by atoms with Gasteiger partial charge in [0.15, 0.2) is 5.78 Å². The van der Waals surface area contributed by atoms with Gasteiger partial charge >= 0.3 is 0 Å². The first-order chi connectivity index (χ1) is 12.8. The monoisotopic (exact) mass is 444 g/mol. The highest BCUT2D eigenvalue weighted by atomic mass is 35.5. The summed E-state index contributed by atoms with van der Waals surface area (Å²) in [6.07, 6.45) is -0.614. The number of nitrogens with zero attached hydrogens (tertiary/aromatic N) is 1. The molecule has 2 heterocycles. The van der Waals surface area contributed by atoms with Gasteiger partial charge in [-0.15, -0.1) is 22.7 Å². The lowest BCUT2D eigenvalue weighted by molar-refractivity contribution is 0.0950. The number of hydrogen-bond donors (Lipinski definition) is 1. The van der Waals surface area contributed by atoms with Crippen LogP contribution in [0.15, 0.2) is 46.9 Å². The molecule has 0 aliphatic rings. The zero-order valence-corrected chi connectivity index (χ0v) is 17.1. The van der Waals surface area contributed by atoms with Crippen molar-refractivity contribution in [3.8, 4) is 0 Å². The number of carbonyl (C=O) groups excluding carboxylic acids is 2. The van der Waals surface area contributed by atoms with Crippen molar-refractivity contribution < 1.29 is 18.4 Å². The van der Waals surface area contributed by atoms with Gasteiger partial charge in [-0.2, -0.15) is 13.9 Å². The summed E-state index contributed by atoms with van der Waals surface area (Å²) in [4.78, 5) is 25.0. The van der Waals surface area contributed by atoms with Gasteiger partial charge in [0.25, 0.3) is 11.6 Å². The summed E-state index contributed by atoms with van der Waals surface area (Å²) in [5, 5.41) is 6.12. The molecule has 0 bridgehead atoms. The standard InChI is InChI=1S/C17H12ClF2N2O2PS2/c18-14-9-4-1-2-5-11(9)27-15(14)16(24)22-21-13(17(19,20)25)8-10(23)12-6-3-7-26-12/h1-7H,8,25H2,(H,22,24)/b21-13-. The first-order valence-corrected chi connectivity index (χ1v) is 10.2. The van der Waals surface area contributed by atoms with Gasteiger partial charge in [-0.25, -0.2) is 5.43 Å². The van der Waals surface area contributed by atoms with Gasteiger partial charge in [-0.1, -0.05) is 45.1 Å². The van der Waals surface area contributed by atoms with E-state index < -0.39 is 29.5 Å². The van der Waals surface area contributed by atoms with Crippen molar-refractivity contribution >= 4 is 71.0 Å². The first kappa shape index (κ1) is 20.0. The van der Waals surface area contributed by atoms with E-state index in [4.69, 9.17) is 11.6 Å². The molecule has 3 rings (SSSR count). The zero-order valence-electron chi connectivity index (χ0n) is 13.5. The number of hydrazone groups is 1. The minimum atomic E-state index is -3.44. The van der Waals surface area contributed by atoms with Crippen LogP contribution in [0.4, 0.5) is 8.78 Å². The van der Waals surface area contributed by atoms with Crippen LogP contribution in [0.5, 0.6) is 0 Å². The third kappa shape index (κ3) is 4.58. The Bertz CT molecular complexity index is 1030. The maximum Gasteiger partial charge on any atom is 0.298 e. The Morgan fingerprint density at radius 2 is 1.96 bits per heavy atom. The Labute approximate surface area is 168 Å². The third-order valence-electron chi connectivity index (χ3n) is 3.54. The molecule has 1 N–H and O–H groups in total. The van der Waals surface area contributed by atoms with E-state index in [1.54, 1.807) is 41.8 Å². The average molecular weight is 445 g/mol. The van der Waals surface area contributed by atoms with Gasteiger partial charge in [0.2, 0.25) is 0 Å². The highest BCUT2D eigenvalue weighted by Crippen LogP contribution is 2.35. The fraction of sp³-hybridized carbons (Fsp3) is 0.118. The third-order valence-corrected chi connectivity index (χ3v) is 6.46. The molecule has 1 aromatic carbocycles. The summed E-state index contributed by atoms with van der Waals surface area (Å²) in [7, 11) is 1.33. The van der Waals surface area contributed by atoms with Crippen LogP contribution < -0.4 is 5.43 Å². The van der Waals surface area contributed by atoms with Crippen molar-refractivity contribution in [1.29, 1.82) is 0 Å². The number of Topliss-reactive ketones (excluding diaryl/α,β-unsaturated/α-hetero) is 1. The van der Waals surface area contributed by atoms with Gasteiger partial charge in [0, 0.05) is 10.1 Å². The van der Waals surface area contributed by atoms with E-state index in [1.807, 2.05) is 0 Å². The van der Waals surface area contributed by atoms with E-state index in [0.717, 1.165) is 27.4 Å². The molecule has 0 spiro atoms. The predicted octanol–water partition coefficient (Wildman–Crippen LogP) is 5.44. The average Bonchev–Trinajstić information content (AvgIpc) is 3.26. The summed E-state index contributed by atoms with van der Waals surface area (Å²) in [5.74, 6) is -1.21. The highest BCUT2D eigenvalue weighted by Gasteiger charge is 2.32. The fourth-order valence-corrected chi connectivity index (χ4v) is 4.48. The van der Waals surface area contributed by atoms with Crippen molar-refractivity contribution in [1.82, 2.24) is 5.43 Å². The van der Waals surface area contributed by atoms with Gasteiger partial charge in [-0.05, 0) is 17.5 Å². The Kier molecular flexibility index (Phi) is 6.01. The second kappa shape index (κ2) is 8.10. The molecule has 0 saturated heterocycles. The van der Waals surface area contributed by atoms with Gasteiger partial charge in [0.1, 0.15) is 10.6 Å². The quantitative estimate of drug-likeness (QED) is 0.238. The molecule has 3 aromatic rings. The number of nitrogens with one attached hydrogen (secondary N) is 1. The molecule has 10 heteroatoms. The van der Waals surface area contributed by atoms with E-state index in [-0.39, 0.29) is 9.90 Å². The highest BCUT2D eigenvalue weighted by molar-refractivity contribution is 7.21. The summed E-state index contributed by atoms with van der Waals surface area (Å²) < 4.78 is 28.4. The molecular formula is C17H12ClF2N2O2PS2. The van der Waals surface area contributed by atoms with Crippen molar-refractivity contribution in [2.75, 3.05) is 0 Å². The molecule has 4 nitrogen and oxygen atoms in total. The second-order valence-electron chi connectivity index (χ2n) is 5.44. The SMILES string of the molecule is O=C(C/C(=N/NC(=O)c1sc2ccccc2c1Cl)C(F)(F)P)c1cccs1. The molecule has 0 aliphatic heterocycles. The van der Waals surface area contributed by atoms with Crippen LogP contribution >= 0.6 is 43.5 Å². The number of thiophene rings is 2. The molecule has 2 aromatic heterocycles. The molecule has 0 saturated carbocycles. The normalized spacial score (nSPS) is 12.4. The van der Waals surface area contributed by atoms with Crippen LogP contribution in [0.25, 0.3) is 10.1 Å². The maximum absolute atomic E-state index is 13.8. The van der Waals surface area contributed by atoms with E-state index in [2.05, 4.69) is 10.5 Å². The molecule has 0 radical (unpaired) electrons. The summed E-state index contributed by atoms with van der Waals surface area (Å²) >= 11 is 8.49. The van der Waals surface area contributed by atoms with Crippen molar-refractivity contribution in [2.45, 2.75) is 12.1 Å². The molecule has 140 valence electrons. The van der Waals surface area contributed by atoms with E-state index >= 15 is 0 Å². The Morgan fingerprint density at radius 3 is 2.59 bits per heavy atom. The number of fused-ring (bicyclic) bond motifs is 1. The topological polar surface area (TPSA) is 58.5 Å². The van der Waals surface area contributed by atoms with E-state index in [1.165, 1.54) is 9.24 Å². The van der Waals surface area contributed by atoms with Gasteiger partial charge < -0.3 is 0 Å². The molecular weight excluding hydrogens is 433 g/mol. The van der Waals surface area contributed by atoms with Gasteiger partial charge in [0.05, 0.1) is 16.3 Å². The minimum Gasteiger partial charge on any atom is -0.293 e. The predicted molar refractivity (Wildman–Crippen MR) is 110 cm³/mol. The molecule has 1 atom stereocenters. The smallest absolute Gasteiger partial charge is 0.293 e.